The predicted molar refractivity (Wildman–Crippen MR) is 153 cm³/mol. The summed E-state index contributed by atoms with van der Waals surface area (Å²) in [5.74, 6) is 0.991. The number of ether oxygens (including phenoxy) is 1. The number of carbonyl (C=O) groups excluding carboxylic acids is 1. The number of rotatable bonds is 7. The van der Waals surface area contributed by atoms with E-state index in [0.29, 0.717) is 6.61 Å². The molecular weight excluding hydrogens is 490 g/mol. The number of aryl methyl sites for hydroxylation is 2. The lowest BCUT2D eigenvalue weighted by Crippen LogP contribution is -2.58. The van der Waals surface area contributed by atoms with Gasteiger partial charge in [0.2, 0.25) is 5.91 Å². The quantitative estimate of drug-likeness (QED) is 0.462. The Morgan fingerprint density at radius 3 is 2.67 bits per heavy atom. The van der Waals surface area contributed by atoms with Crippen molar-refractivity contribution in [3.05, 3.63) is 34.3 Å². The van der Waals surface area contributed by atoms with Gasteiger partial charge in [0.1, 0.15) is 5.82 Å². The maximum atomic E-state index is 13.0. The number of amides is 1. The van der Waals surface area contributed by atoms with Crippen molar-refractivity contribution < 1.29 is 9.53 Å². The highest BCUT2D eigenvalue weighted by atomic mass is 16.5. The van der Waals surface area contributed by atoms with Crippen LogP contribution in [0.25, 0.3) is 0 Å². The fourth-order valence-corrected chi connectivity index (χ4v) is 7.58. The fraction of sp³-hybridized carbons (Fsp3) is 0.667. The maximum Gasteiger partial charge on any atom is 0.225 e. The number of nitrogens with one attached hydrogen (secondary N) is 3. The zero-order valence-corrected chi connectivity index (χ0v) is 23.7. The van der Waals surface area contributed by atoms with Gasteiger partial charge in [0.05, 0.1) is 29.5 Å². The van der Waals surface area contributed by atoms with Gasteiger partial charge in [0, 0.05) is 68.4 Å². The van der Waals surface area contributed by atoms with Gasteiger partial charge in [-0.1, -0.05) is 0 Å². The lowest BCUT2D eigenvalue weighted by molar-refractivity contribution is -0.133. The highest BCUT2D eigenvalue weighted by molar-refractivity contribution is 5.92. The van der Waals surface area contributed by atoms with E-state index >= 15 is 0 Å². The van der Waals surface area contributed by atoms with Gasteiger partial charge in [0.15, 0.2) is 0 Å². The van der Waals surface area contributed by atoms with Crippen LogP contribution < -0.4 is 15.5 Å². The summed E-state index contributed by atoms with van der Waals surface area (Å²) < 4.78 is 7.89. The van der Waals surface area contributed by atoms with E-state index in [1.54, 1.807) is 0 Å². The monoisotopic (exact) mass is 533 g/mol. The molecule has 4 heterocycles. The Labute approximate surface area is 231 Å². The SMILES string of the molecule is CNc1nc(C)cc(N2CCc3c(c(C)nn3CC34CCC(NC(=O)[C@@H]5CCCOC5)(CC3)CC4)C2)c1C=N. The first kappa shape index (κ1) is 26.3. The van der Waals surface area contributed by atoms with Crippen LogP contribution in [0.2, 0.25) is 0 Å². The number of nitrogens with zero attached hydrogens (tertiary/aromatic N) is 4. The van der Waals surface area contributed by atoms with E-state index in [-0.39, 0.29) is 22.8 Å². The van der Waals surface area contributed by atoms with E-state index in [2.05, 4.69) is 38.2 Å². The molecule has 0 radical (unpaired) electrons. The molecule has 0 unspecified atom stereocenters. The van der Waals surface area contributed by atoms with Crippen molar-refractivity contribution in [1.82, 2.24) is 20.1 Å². The minimum absolute atomic E-state index is 0.0162. The smallest absolute Gasteiger partial charge is 0.225 e. The van der Waals surface area contributed by atoms with Crippen molar-refractivity contribution in [2.45, 2.75) is 90.3 Å². The minimum atomic E-state index is -0.0162. The normalized spacial score (nSPS) is 28.2. The Kier molecular flexibility index (Phi) is 6.90. The van der Waals surface area contributed by atoms with E-state index in [4.69, 9.17) is 15.2 Å². The number of fused-ring (bicyclic) bond motifs is 4. The second-order valence-corrected chi connectivity index (χ2v) is 12.5. The van der Waals surface area contributed by atoms with E-state index in [1.807, 2.05) is 14.0 Å². The second-order valence-electron chi connectivity index (χ2n) is 12.5. The first-order valence-electron chi connectivity index (χ1n) is 14.7. The van der Waals surface area contributed by atoms with Crippen LogP contribution in [0.3, 0.4) is 0 Å². The zero-order chi connectivity index (χ0) is 27.2. The summed E-state index contributed by atoms with van der Waals surface area (Å²) in [6.07, 6.45) is 11.0. The average Bonchev–Trinajstić information content (AvgIpc) is 3.27. The van der Waals surface area contributed by atoms with E-state index < -0.39 is 0 Å². The summed E-state index contributed by atoms with van der Waals surface area (Å²) in [4.78, 5) is 19.9. The van der Waals surface area contributed by atoms with Crippen molar-refractivity contribution in [2.24, 2.45) is 11.3 Å². The first-order chi connectivity index (χ1) is 18.8. The third-order valence-corrected chi connectivity index (χ3v) is 10.0. The Balaban J connectivity index is 1.15. The molecule has 2 aliphatic heterocycles. The van der Waals surface area contributed by atoms with Crippen LogP contribution in [0.4, 0.5) is 11.5 Å². The summed E-state index contributed by atoms with van der Waals surface area (Å²) >= 11 is 0. The molecular formula is C30H43N7O2. The van der Waals surface area contributed by atoms with Crippen LogP contribution in [-0.2, 0) is 29.0 Å². The summed E-state index contributed by atoms with van der Waals surface area (Å²) in [5.41, 5.74) is 6.94. The van der Waals surface area contributed by atoms with E-state index in [1.165, 1.54) is 17.5 Å². The summed E-state index contributed by atoms with van der Waals surface area (Å²) in [6.45, 7) is 8.20. The van der Waals surface area contributed by atoms with Crippen LogP contribution in [0, 0.1) is 30.6 Å². The van der Waals surface area contributed by atoms with Gasteiger partial charge in [-0.2, -0.15) is 5.10 Å². The van der Waals surface area contributed by atoms with Gasteiger partial charge in [-0.05, 0) is 76.7 Å². The van der Waals surface area contributed by atoms with E-state index in [9.17, 15) is 4.79 Å². The molecule has 210 valence electrons. The van der Waals surface area contributed by atoms with E-state index in [0.717, 1.165) is 112 Å². The predicted octanol–water partition coefficient (Wildman–Crippen LogP) is 4.13. The molecule has 1 saturated heterocycles. The number of carbonyl (C=O) groups is 1. The molecule has 1 atom stereocenters. The van der Waals surface area contributed by atoms with Gasteiger partial charge in [0.25, 0.3) is 0 Å². The highest BCUT2D eigenvalue weighted by Gasteiger charge is 2.50. The summed E-state index contributed by atoms with van der Waals surface area (Å²) in [5, 5.41) is 19.8. The Morgan fingerprint density at radius 1 is 1.23 bits per heavy atom. The molecule has 9 heteroatoms. The van der Waals surface area contributed by atoms with Crippen LogP contribution in [-0.4, -0.2) is 59.2 Å². The molecule has 3 aliphatic carbocycles. The maximum absolute atomic E-state index is 13.0. The van der Waals surface area contributed by atoms with Crippen molar-refractivity contribution in [1.29, 1.82) is 5.41 Å². The Morgan fingerprint density at radius 2 is 2.00 bits per heavy atom. The van der Waals surface area contributed by atoms with Crippen molar-refractivity contribution >= 4 is 23.6 Å². The van der Waals surface area contributed by atoms with Crippen LogP contribution in [0.15, 0.2) is 6.07 Å². The number of hydrogen-bond acceptors (Lipinski definition) is 7. The second kappa shape index (κ2) is 10.2. The molecule has 4 fully saturated rings. The number of pyridine rings is 1. The van der Waals surface area contributed by atoms with Crippen molar-refractivity contribution in [3.8, 4) is 0 Å². The first-order valence-corrected chi connectivity index (χ1v) is 14.7. The molecule has 1 amide bonds. The zero-order valence-electron chi connectivity index (χ0n) is 23.7. The molecule has 3 saturated carbocycles. The number of aromatic nitrogens is 3. The largest absolute Gasteiger partial charge is 0.381 e. The molecule has 3 N–H and O–H groups in total. The molecule has 2 bridgehead atoms. The molecule has 2 aromatic heterocycles. The Hall–Kier alpha value is -2.94. The third-order valence-electron chi connectivity index (χ3n) is 10.0. The van der Waals surface area contributed by atoms with Crippen LogP contribution >= 0.6 is 0 Å². The Bertz CT molecular complexity index is 1240. The van der Waals surface area contributed by atoms with Crippen LogP contribution in [0.5, 0.6) is 0 Å². The lowest BCUT2D eigenvalue weighted by Gasteiger charge is -2.54. The number of hydrogen-bond donors (Lipinski definition) is 3. The molecule has 39 heavy (non-hydrogen) atoms. The number of anilines is 2. The van der Waals surface area contributed by atoms with Gasteiger partial charge in [-0.25, -0.2) is 4.98 Å². The van der Waals surface area contributed by atoms with Crippen LogP contribution in [0.1, 0.15) is 79.6 Å². The molecule has 7 rings (SSSR count). The standard InChI is InChI=1S/C30H43N7O2/c1-20-15-26(23(16-31)27(32-3)33-20)36-13-6-25-24(17-36)21(2)35-37(25)19-29-7-10-30(11-8-29,12-9-29)34-28(38)22-5-4-14-39-18-22/h15-16,22,31H,4-14,17-19H2,1-3H3,(H,32,33)(H,34,38)/t22-,29?,30?/m1/s1. The lowest BCUT2D eigenvalue weighted by atomic mass is 9.57. The highest BCUT2D eigenvalue weighted by Crippen LogP contribution is 2.53. The molecule has 5 aliphatic rings. The van der Waals surface area contributed by atoms with Gasteiger partial charge in [-0.15, -0.1) is 0 Å². The van der Waals surface area contributed by atoms with Crippen molar-refractivity contribution in [2.75, 3.05) is 37.0 Å². The average molecular weight is 534 g/mol. The molecule has 2 aromatic rings. The fourth-order valence-electron chi connectivity index (χ4n) is 7.58. The molecule has 0 spiro atoms. The third kappa shape index (κ3) is 4.83. The molecule has 0 aromatic carbocycles. The summed E-state index contributed by atoms with van der Waals surface area (Å²) in [7, 11) is 1.86. The summed E-state index contributed by atoms with van der Waals surface area (Å²) in [6, 6.07) is 2.10. The van der Waals surface area contributed by atoms with Gasteiger partial charge in [-0.3, -0.25) is 9.48 Å². The molecule has 9 nitrogen and oxygen atoms in total. The van der Waals surface area contributed by atoms with Gasteiger partial charge < -0.3 is 25.7 Å². The van der Waals surface area contributed by atoms with Crippen molar-refractivity contribution in [3.63, 3.8) is 0 Å². The topological polar surface area (TPSA) is 108 Å². The minimum Gasteiger partial charge on any atom is -0.381 e. The van der Waals surface area contributed by atoms with Gasteiger partial charge >= 0.3 is 0 Å².